The molecule has 0 aromatic carbocycles. The smallest absolute Gasteiger partial charge is 0.242 e. The number of hydrogen-bond acceptors (Lipinski definition) is 9. The van der Waals surface area contributed by atoms with Gasteiger partial charge in [-0.3, -0.25) is 14.6 Å². The zero-order chi connectivity index (χ0) is 22.2. The summed E-state index contributed by atoms with van der Waals surface area (Å²) >= 11 is 0. The first-order valence-electron chi connectivity index (χ1n) is 9.58. The molecular weight excluding hydrogens is 400 g/mol. The molecule has 1 aliphatic rings. The molecular formula is C20H20N8O3. The van der Waals surface area contributed by atoms with Crippen LogP contribution in [0.5, 0.6) is 0 Å². The molecule has 2 aromatic rings. The van der Waals surface area contributed by atoms with Crippen LogP contribution in [0.15, 0.2) is 24.7 Å². The lowest BCUT2D eigenvalue weighted by Gasteiger charge is -2.19. The van der Waals surface area contributed by atoms with Gasteiger partial charge in [-0.05, 0) is 18.9 Å². The third kappa shape index (κ3) is 5.72. The van der Waals surface area contributed by atoms with E-state index in [0.29, 0.717) is 22.8 Å². The van der Waals surface area contributed by atoms with Crippen LogP contribution in [0.25, 0.3) is 11.3 Å². The van der Waals surface area contributed by atoms with E-state index in [0.717, 1.165) is 12.8 Å². The number of pyridine rings is 1. The number of hydrogen-bond donors (Lipinski definition) is 3. The predicted molar refractivity (Wildman–Crippen MR) is 109 cm³/mol. The highest BCUT2D eigenvalue weighted by Crippen LogP contribution is 2.30. The highest BCUT2D eigenvalue weighted by Gasteiger charge is 2.29. The highest BCUT2D eigenvalue weighted by atomic mass is 16.3. The first kappa shape index (κ1) is 21.6. The summed E-state index contributed by atoms with van der Waals surface area (Å²) in [5.74, 6) is -0.0556. The van der Waals surface area contributed by atoms with Crippen LogP contribution in [-0.4, -0.2) is 63.0 Å². The Labute approximate surface area is 178 Å². The minimum Gasteiger partial charge on any atom is -0.395 e. The van der Waals surface area contributed by atoms with Crippen molar-refractivity contribution in [2.75, 3.05) is 36.9 Å². The lowest BCUT2D eigenvalue weighted by Crippen LogP contribution is -2.37. The van der Waals surface area contributed by atoms with Crippen molar-refractivity contribution in [3.8, 4) is 23.4 Å². The number of aliphatic hydroxyl groups excluding tert-OH is 1. The van der Waals surface area contributed by atoms with Crippen LogP contribution >= 0.6 is 0 Å². The number of carbonyl (C=O) groups is 2. The second-order valence-corrected chi connectivity index (χ2v) is 6.83. The topological polar surface area (TPSA) is 168 Å². The molecule has 11 nitrogen and oxygen atoms in total. The van der Waals surface area contributed by atoms with Crippen molar-refractivity contribution in [1.82, 2.24) is 19.9 Å². The van der Waals surface area contributed by atoms with Crippen LogP contribution in [0.2, 0.25) is 0 Å². The summed E-state index contributed by atoms with van der Waals surface area (Å²) in [6.07, 6.45) is 6.17. The molecule has 0 atom stereocenters. The standard InChI is InChI=1S/C20H20N8O3/c21-3-4-28(5-6-29)19(30)12-25-15-7-14(9-23-16(15)8-22)17-10-26-18(11-24-17)27-20(31)13-1-2-13/h7,9-11,13,25,29H,1-2,4-6,12H2,(H,26,27,31). The fraction of sp³-hybridized carbons (Fsp3) is 0.350. The molecule has 0 saturated heterocycles. The molecule has 158 valence electrons. The number of amides is 2. The zero-order valence-electron chi connectivity index (χ0n) is 16.6. The summed E-state index contributed by atoms with van der Waals surface area (Å²) in [5.41, 5.74) is 1.45. The van der Waals surface area contributed by atoms with E-state index >= 15 is 0 Å². The third-order valence-corrected chi connectivity index (χ3v) is 4.55. The highest BCUT2D eigenvalue weighted by molar-refractivity contribution is 5.93. The third-order valence-electron chi connectivity index (χ3n) is 4.55. The molecule has 0 unspecified atom stereocenters. The average Bonchev–Trinajstić information content (AvgIpc) is 3.63. The number of carbonyl (C=O) groups excluding carboxylic acids is 2. The van der Waals surface area contributed by atoms with Gasteiger partial charge in [-0.1, -0.05) is 0 Å². The molecule has 2 aromatic heterocycles. The minimum absolute atomic E-state index is 0.0384. The van der Waals surface area contributed by atoms with Crippen LogP contribution in [0.4, 0.5) is 11.5 Å². The van der Waals surface area contributed by atoms with Crippen molar-refractivity contribution >= 4 is 23.3 Å². The van der Waals surface area contributed by atoms with Gasteiger partial charge in [0, 0.05) is 24.2 Å². The molecule has 3 rings (SSSR count). The number of aromatic nitrogens is 3. The maximum Gasteiger partial charge on any atom is 0.242 e. The van der Waals surface area contributed by atoms with Gasteiger partial charge in [0.15, 0.2) is 11.5 Å². The average molecular weight is 420 g/mol. The lowest BCUT2D eigenvalue weighted by molar-refractivity contribution is -0.129. The zero-order valence-corrected chi connectivity index (χ0v) is 16.6. The maximum atomic E-state index is 12.3. The largest absolute Gasteiger partial charge is 0.395 e. The normalized spacial score (nSPS) is 12.4. The van der Waals surface area contributed by atoms with E-state index in [1.54, 1.807) is 6.07 Å². The fourth-order valence-electron chi connectivity index (χ4n) is 2.72. The molecule has 2 heterocycles. The minimum atomic E-state index is -0.402. The maximum absolute atomic E-state index is 12.3. The Morgan fingerprint density at radius 2 is 2.00 bits per heavy atom. The molecule has 1 saturated carbocycles. The Kier molecular flexibility index (Phi) is 7.04. The van der Waals surface area contributed by atoms with Gasteiger partial charge < -0.3 is 20.6 Å². The molecule has 0 aliphatic heterocycles. The van der Waals surface area contributed by atoms with E-state index in [2.05, 4.69) is 25.6 Å². The SMILES string of the molecule is N#CCN(CCO)C(=O)CNc1cc(-c2cnc(NC(=O)C3CC3)cn2)cnc1C#N. The summed E-state index contributed by atoms with van der Waals surface area (Å²) < 4.78 is 0. The fourth-order valence-corrected chi connectivity index (χ4v) is 2.72. The van der Waals surface area contributed by atoms with E-state index in [4.69, 9.17) is 10.4 Å². The van der Waals surface area contributed by atoms with Crippen molar-refractivity contribution in [3.63, 3.8) is 0 Å². The van der Waals surface area contributed by atoms with Crippen molar-refractivity contribution in [2.45, 2.75) is 12.8 Å². The van der Waals surface area contributed by atoms with Crippen LogP contribution < -0.4 is 10.6 Å². The summed E-state index contributed by atoms with van der Waals surface area (Å²) in [5, 5.41) is 32.7. The Hall–Kier alpha value is -4.09. The number of nitrogens with zero attached hydrogens (tertiary/aromatic N) is 6. The molecule has 0 radical (unpaired) electrons. The first-order chi connectivity index (χ1) is 15.0. The molecule has 0 spiro atoms. The number of rotatable bonds is 9. The van der Waals surface area contributed by atoms with Gasteiger partial charge in [-0.25, -0.2) is 9.97 Å². The molecule has 2 amide bonds. The van der Waals surface area contributed by atoms with Crippen LogP contribution in [-0.2, 0) is 9.59 Å². The predicted octanol–water partition coefficient (Wildman–Crippen LogP) is 0.515. The molecule has 11 heteroatoms. The number of nitriles is 2. The van der Waals surface area contributed by atoms with Gasteiger partial charge >= 0.3 is 0 Å². The molecule has 1 fully saturated rings. The number of aliphatic hydroxyl groups is 1. The van der Waals surface area contributed by atoms with Crippen molar-refractivity contribution in [2.24, 2.45) is 5.92 Å². The van der Waals surface area contributed by atoms with Crippen LogP contribution in [0.3, 0.4) is 0 Å². The van der Waals surface area contributed by atoms with Gasteiger partial charge in [0.25, 0.3) is 0 Å². The molecule has 31 heavy (non-hydrogen) atoms. The quantitative estimate of drug-likeness (QED) is 0.490. The Balaban J connectivity index is 1.71. The summed E-state index contributed by atoms with van der Waals surface area (Å²) in [6.45, 7) is -0.552. The van der Waals surface area contributed by atoms with E-state index in [9.17, 15) is 14.9 Å². The first-order valence-corrected chi connectivity index (χ1v) is 9.58. The lowest BCUT2D eigenvalue weighted by atomic mass is 10.1. The van der Waals surface area contributed by atoms with E-state index in [1.807, 2.05) is 12.1 Å². The Morgan fingerprint density at radius 1 is 1.19 bits per heavy atom. The van der Waals surface area contributed by atoms with Crippen molar-refractivity contribution in [3.05, 3.63) is 30.4 Å². The van der Waals surface area contributed by atoms with Gasteiger partial charge in [0.1, 0.15) is 12.6 Å². The van der Waals surface area contributed by atoms with E-state index in [-0.39, 0.29) is 43.8 Å². The second-order valence-electron chi connectivity index (χ2n) is 6.83. The van der Waals surface area contributed by atoms with Gasteiger partial charge in [-0.15, -0.1) is 0 Å². The Bertz CT molecular complexity index is 1040. The molecule has 3 N–H and O–H groups in total. The Morgan fingerprint density at radius 3 is 2.61 bits per heavy atom. The van der Waals surface area contributed by atoms with Crippen molar-refractivity contribution < 1.29 is 14.7 Å². The second kappa shape index (κ2) is 10.1. The monoisotopic (exact) mass is 420 g/mol. The van der Waals surface area contributed by atoms with E-state index in [1.165, 1.54) is 23.5 Å². The number of anilines is 2. The summed E-state index contributed by atoms with van der Waals surface area (Å²) in [6, 6.07) is 5.44. The summed E-state index contributed by atoms with van der Waals surface area (Å²) in [4.78, 5) is 37.9. The molecule has 1 aliphatic carbocycles. The van der Waals surface area contributed by atoms with Gasteiger partial charge in [0.2, 0.25) is 11.8 Å². The van der Waals surface area contributed by atoms with Crippen LogP contribution in [0, 0.1) is 28.6 Å². The van der Waals surface area contributed by atoms with Gasteiger partial charge in [-0.2, -0.15) is 10.5 Å². The van der Waals surface area contributed by atoms with E-state index < -0.39 is 5.91 Å². The van der Waals surface area contributed by atoms with Crippen LogP contribution in [0.1, 0.15) is 18.5 Å². The summed E-state index contributed by atoms with van der Waals surface area (Å²) in [7, 11) is 0. The molecule has 0 bridgehead atoms. The number of nitrogens with one attached hydrogen (secondary N) is 2. The van der Waals surface area contributed by atoms with Crippen molar-refractivity contribution in [1.29, 1.82) is 10.5 Å². The van der Waals surface area contributed by atoms with Gasteiger partial charge in [0.05, 0.1) is 43.0 Å².